The van der Waals surface area contributed by atoms with Crippen molar-refractivity contribution >= 4 is 6.09 Å². The van der Waals surface area contributed by atoms with Gasteiger partial charge < -0.3 is 14.4 Å². The summed E-state index contributed by atoms with van der Waals surface area (Å²) in [5.41, 5.74) is -0.471. The van der Waals surface area contributed by atoms with E-state index in [0.29, 0.717) is 19.0 Å². The summed E-state index contributed by atoms with van der Waals surface area (Å²) in [5.74, 6) is 0.485. The molecule has 104 valence electrons. The van der Waals surface area contributed by atoms with Gasteiger partial charge in [0.2, 0.25) is 5.88 Å². The average molecular weight is 265 g/mol. The number of carbonyl (C=O) groups is 1. The van der Waals surface area contributed by atoms with Crippen molar-refractivity contribution in [1.29, 1.82) is 0 Å². The van der Waals surface area contributed by atoms with Gasteiger partial charge in [0, 0.05) is 25.2 Å². The molecule has 0 bridgehead atoms. The summed E-state index contributed by atoms with van der Waals surface area (Å²) in [5, 5.41) is 7.61. The normalized spacial score (nSPS) is 19.3. The van der Waals surface area contributed by atoms with Crippen LogP contribution in [0.1, 0.15) is 27.2 Å². The van der Waals surface area contributed by atoms with Crippen molar-refractivity contribution in [2.75, 3.05) is 13.1 Å². The van der Waals surface area contributed by atoms with Crippen molar-refractivity contribution in [2.24, 2.45) is 0 Å². The van der Waals surface area contributed by atoms with Gasteiger partial charge >= 0.3 is 6.09 Å². The minimum atomic E-state index is -0.471. The SMILES string of the molecule is CC(C)(C)OC(=O)N1CC[C@@H](Oc2cccnn2)C1. The smallest absolute Gasteiger partial charge is 0.410 e. The van der Waals surface area contributed by atoms with E-state index in [0.717, 1.165) is 6.42 Å². The summed E-state index contributed by atoms with van der Waals surface area (Å²) in [6, 6.07) is 3.52. The van der Waals surface area contributed by atoms with Crippen LogP contribution in [0.3, 0.4) is 0 Å². The lowest BCUT2D eigenvalue weighted by atomic mass is 10.2. The van der Waals surface area contributed by atoms with Gasteiger partial charge in [-0.15, -0.1) is 5.10 Å². The molecule has 1 aliphatic heterocycles. The largest absolute Gasteiger partial charge is 0.471 e. The van der Waals surface area contributed by atoms with E-state index in [1.807, 2.05) is 20.8 Å². The molecule has 1 saturated heterocycles. The van der Waals surface area contributed by atoms with E-state index in [4.69, 9.17) is 9.47 Å². The molecule has 1 aromatic heterocycles. The zero-order chi connectivity index (χ0) is 13.9. The molecule has 0 spiro atoms. The van der Waals surface area contributed by atoms with Crippen LogP contribution in [-0.4, -0.2) is 46.0 Å². The van der Waals surface area contributed by atoms with Crippen LogP contribution in [0.15, 0.2) is 18.3 Å². The standard InChI is InChI=1S/C13H19N3O3/c1-13(2,3)19-12(17)16-8-6-10(9-16)18-11-5-4-7-14-15-11/h4-5,7,10H,6,8-9H2,1-3H3/t10-/m1/s1. The third-order valence-corrected chi connectivity index (χ3v) is 2.63. The Morgan fingerprint density at radius 2 is 2.26 bits per heavy atom. The number of hydrogen-bond acceptors (Lipinski definition) is 5. The van der Waals surface area contributed by atoms with Crippen molar-refractivity contribution in [3.05, 3.63) is 18.3 Å². The van der Waals surface area contributed by atoms with Crippen LogP contribution in [-0.2, 0) is 4.74 Å². The van der Waals surface area contributed by atoms with Crippen LogP contribution < -0.4 is 4.74 Å². The second kappa shape index (κ2) is 5.42. The lowest BCUT2D eigenvalue weighted by molar-refractivity contribution is 0.0274. The summed E-state index contributed by atoms with van der Waals surface area (Å²) in [7, 11) is 0. The summed E-state index contributed by atoms with van der Waals surface area (Å²) in [6.45, 7) is 6.73. The second-order valence-electron chi connectivity index (χ2n) is 5.52. The van der Waals surface area contributed by atoms with Gasteiger partial charge in [-0.2, -0.15) is 5.10 Å². The van der Waals surface area contributed by atoms with E-state index in [2.05, 4.69) is 10.2 Å². The Morgan fingerprint density at radius 3 is 2.89 bits per heavy atom. The van der Waals surface area contributed by atoms with E-state index < -0.39 is 5.60 Å². The van der Waals surface area contributed by atoms with Gasteiger partial charge in [-0.3, -0.25) is 0 Å². The molecule has 2 heterocycles. The molecule has 0 N–H and O–H groups in total. The van der Waals surface area contributed by atoms with Crippen LogP contribution in [0.5, 0.6) is 5.88 Å². The second-order valence-corrected chi connectivity index (χ2v) is 5.52. The van der Waals surface area contributed by atoms with E-state index in [1.54, 1.807) is 23.2 Å². The van der Waals surface area contributed by atoms with Gasteiger partial charge in [-0.05, 0) is 26.8 Å². The van der Waals surface area contributed by atoms with Crippen LogP contribution in [0, 0.1) is 0 Å². The molecule has 0 saturated carbocycles. The first-order valence-electron chi connectivity index (χ1n) is 6.36. The zero-order valence-corrected chi connectivity index (χ0v) is 11.5. The van der Waals surface area contributed by atoms with Crippen molar-refractivity contribution in [1.82, 2.24) is 15.1 Å². The van der Waals surface area contributed by atoms with E-state index in [1.165, 1.54) is 0 Å². The number of carbonyl (C=O) groups excluding carboxylic acids is 1. The first-order chi connectivity index (χ1) is 8.94. The maximum Gasteiger partial charge on any atom is 0.410 e. The maximum atomic E-state index is 11.9. The number of aromatic nitrogens is 2. The fraction of sp³-hybridized carbons (Fsp3) is 0.615. The van der Waals surface area contributed by atoms with Crippen molar-refractivity contribution < 1.29 is 14.3 Å². The molecule has 2 rings (SSSR count). The van der Waals surface area contributed by atoms with E-state index >= 15 is 0 Å². The molecule has 0 aliphatic carbocycles. The van der Waals surface area contributed by atoms with Gasteiger partial charge in [0.15, 0.2) is 0 Å². The molecule has 0 aromatic carbocycles. The van der Waals surface area contributed by atoms with Crippen molar-refractivity contribution in [2.45, 2.75) is 38.9 Å². The number of likely N-dealkylation sites (tertiary alicyclic amines) is 1. The maximum absolute atomic E-state index is 11.9. The fourth-order valence-corrected chi connectivity index (χ4v) is 1.84. The lowest BCUT2D eigenvalue weighted by Crippen LogP contribution is -2.36. The van der Waals surface area contributed by atoms with E-state index in [9.17, 15) is 4.79 Å². The number of nitrogens with zero attached hydrogens (tertiary/aromatic N) is 3. The molecule has 1 amide bonds. The highest BCUT2D eigenvalue weighted by Gasteiger charge is 2.31. The monoisotopic (exact) mass is 265 g/mol. The zero-order valence-electron chi connectivity index (χ0n) is 11.5. The van der Waals surface area contributed by atoms with Crippen LogP contribution in [0.2, 0.25) is 0 Å². The summed E-state index contributed by atoms with van der Waals surface area (Å²) in [6.07, 6.45) is 2.02. The summed E-state index contributed by atoms with van der Waals surface area (Å²) in [4.78, 5) is 13.5. The Kier molecular flexibility index (Phi) is 3.87. The third-order valence-electron chi connectivity index (χ3n) is 2.63. The molecule has 1 aliphatic rings. The molecular formula is C13H19N3O3. The Hall–Kier alpha value is -1.85. The van der Waals surface area contributed by atoms with Crippen molar-refractivity contribution in [3.63, 3.8) is 0 Å². The molecule has 19 heavy (non-hydrogen) atoms. The van der Waals surface area contributed by atoms with Gasteiger partial charge in [0.1, 0.15) is 11.7 Å². The van der Waals surface area contributed by atoms with Crippen LogP contribution >= 0.6 is 0 Å². The fourth-order valence-electron chi connectivity index (χ4n) is 1.84. The highest BCUT2D eigenvalue weighted by atomic mass is 16.6. The molecular weight excluding hydrogens is 246 g/mol. The Morgan fingerprint density at radius 1 is 1.47 bits per heavy atom. The molecule has 0 radical (unpaired) electrons. The minimum Gasteiger partial charge on any atom is -0.471 e. The Balaban J connectivity index is 1.85. The first-order valence-corrected chi connectivity index (χ1v) is 6.36. The van der Waals surface area contributed by atoms with Gasteiger partial charge in [0.25, 0.3) is 0 Å². The average Bonchev–Trinajstić information content (AvgIpc) is 2.77. The topological polar surface area (TPSA) is 64.5 Å². The molecule has 0 unspecified atom stereocenters. The molecule has 1 aromatic rings. The Bertz CT molecular complexity index is 431. The first kappa shape index (κ1) is 13.6. The molecule has 6 nitrogen and oxygen atoms in total. The summed E-state index contributed by atoms with van der Waals surface area (Å²) < 4.78 is 11.0. The minimum absolute atomic E-state index is 0.0516. The third kappa shape index (κ3) is 4.08. The van der Waals surface area contributed by atoms with Gasteiger partial charge in [0.05, 0.1) is 6.54 Å². The van der Waals surface area contributed by atoms with Gasteiger partial charge in [-0.1, -0.05) is 0 Å². The molecule has 6 heteroatoms. The predicted molar refractivity (Wildman–Crippen MR) is 68.9 cm³/mol. The number of amides is 1. The molecule has 1 fully saturated rings. The summed E-state index contributed by atoms with van der Waals surface area (Å²) >= 11 is 0. The Labute approximate surface area is 112 Å². The van der Waals surface area contributed by atoms with E-state index in [-0.39, 0.29) is 12.2 Å². The van der Waals surface area contributed by atoms with Crippen LogP contribution in [0.25, 0.3) is 0 Å². The molecule has 1 atom stereocenters. The highest BCUT2D eigenvalue weighted by Crippen LogP contribution is 2.18. The highest BCUT2D eigenvalue weighted by molar-refractivity contribution is 5.68. The number of rotatable bonds is 2. The predicted octanol–water partition coefficient (Wildman–Crippen LogP) is 1.86. The quantitative estimate of drug-likeness (QED) is 0.816. The number of hydrogen-bond donors (Lipinski definition) is 0. The van der Waals surface area contributed by atoms with Crippen molar-refractivity contribution in [3.8, 4) is 5.88 Å². The van der Waals surface area contributed by atoms with Gasteiger partial charge in [-0.25, -0.2) is 4.79 Å². The number of ether oxygens (including phenoxy) is 2. The van der Waals surface area contributed by atoms with Crippen LogP contribution in [0.4, 0.5) is 4.79 Å². The lowest BCUT2D eigenvalue weighted by Gasteiger charge is -2.24.